The fourth-order valence-corrected chi connectivity index (χ4v) is 1.89. The van der Waals surface area contributed by atoms with Gasteiger partial charge >= 0.3 is 5.97 Å². The van der Waals surface area contributed by atoms with Crippen LogP contribution >= 0.6 is 11.6 Å². The molecular weight excluding hydrogens is 304 g/mol. The summed E-state index contributed by atoms with van der Waals surface area (Å²) in [5.41, 5.74) is 0. The highest BCUT2D eigenvalue weighted by atomic mass is 35.5. The summed E-state index contributed by atoms with van der Waals surface area (Å²) in [5, 5.41) is 0.662. The Morgan fingerprint density at radius 2 is 1.55 bits per heavy atom. The Hall–Kier alpha value is -2.20. The highest BCUT2D eigenvalue weighted by molar-refractivity contribution is 6.30. The molecule has 0 fully saturated rings. The molecule has 0 aliphatic heterocycles. The quantitative estimate of drug-likeness (QED) is 0.437. The number of methoxy groups -OCH3 is 1. The van der Waals surface area contributed by atoms with Crippen LogP contribution in [0.1, 0.15) is 12.8 Å². The zero-order valence-electron chi connectivity index (χ0n) is 12.3. The van der Waals surface area contributed by atoms with Gasteiger partial charge in [-0.3, -0.25) is 4.79 Å². The maximum absolute atomic E-state index is 11.7. The molecule has 0 bridgehead atoms. The molecule has 0 saturated heterocycles. The number of hydrogen-bond acceptors (Lipinski definition) is 4. The first-order chi connectivity index (χ1) is 10.7. The minimum absolute atomic E-state index is 0.287. The van der Waals surface area contributed by atoms with Crippen LogP contribution in [0.25, 0.3) is 0 Å². The van der Waals surface area contributed by atoms with Crippen LogP contribution in [0.15, 0.2) is 48.5 Å². The largest absolute Gasteiger partial charge is 0.497 e. The Morgan fingerprint density at radius 1 is 0.955 bits per heavy atom. The number of rotatable bonds is 7. The second kappa shape index (κ2) is 8.29. The van der Waals surface area contributed by atoms with Crippen LogP contribution < -0.4 is 14.2 Å². The van der Waals surface area contributed by atoms with Crippen molar-refractivity contribution in [3.63, 3.8) is 0 Å². The lowest BCUT2D eigenvalue weighted by atomic mass is 10.3. The first-order valence-electron chi connectivity index (χ1n) is 6.90. The molecule has 0 unspecified atom stereocenters. The predicted molar refractivity (Wildman–Crippen MR) is 84.8 cm³/mol. The first kappa shape index (κ1) is 16.2. The van der Waals surface area contributed by atoms with Crippen molar-refractivity contribution in [2.45, 2.75) is 12.8 Å². The van der Waals surface area contributed by atoms with Crippen LogP contribution in [0.2, 0.25) is 5.02 Å². The average molecular weight is 321 g/mol. The van der Waals surface area contributed by atoms with Crippen LogP contribution in [0.3, 0.4) is 0 Å². The summed E-state index contributed by atoms with van der Waals surface area (Å²) < 4.78 is 15.8. The van der Waals surface area contributed by atoms with Crippen LogP contribution in [0.5, 0.6) is 17.2 Å². The Balaban J connectivity index is 1.67. The SMILES string of the molecule is COc1ccc(OC(=O)CCCOc2ccc(Cl)cc2)cc1. The van der Waals surface area contributed by atoms with Crippen molar-refractivity contribution in [2.75, 3.05) is 13.7 Å². The molecule has 22 heavy (non-hydrogen) atoms. The van der Waals surface area contributed by atoms with Crippen molar-refractivity contribution in [2.24, 2.45) is 0 Å². The zero-order valence-corrected chi connectivity index (χ0v) is 13.0. The van der Waals surface area contributed by atoms with Crippen molar-refractivity contribution >= 4 is 17.6 Å². The molecule has 0 amide bonds. The van der Waals surface area contributed by atoms with Gasteiger partial charge in [-0.25, -0.2) is 0 Å². The first-order valence-corrected chi connectivity index (χ1v) is 7.28. The molecule has 116 valence electrons. The van der Waals surface area contributed by atoms with Crippen molar-refractivity contribution in [3.05, 3.63) is 53.6 Å². The van der Waals surface area contributed by atoms with Gasteiger partial charge in [-0.15, -0.1) is 0 Å². The normalized spacial score (nSPS) is 10.1. The van der Waals surface area contributed by atoms with Crippen molar-refractivity contribution in [3.8, 4) is 17.2 Å². The van der Waals surface area contributed by atoms with E-state index in [9.17, 15) is 4.79 Å². The van der Waals surface area contributed by atoms with E-state index in [0.29, 0.717) is 30.2 Å². The van der Waals surface area contributed by atoms with Crippen molar-refractivity contribution < 1.29 is 19.0 Å². The molecule has 2 aromatic carbocycles. The summed E-state index contributed by atoms with van der Waals surface area (Å²) in [7, 11) is 1.59. The second-order valence-corrected chi connectivity index (χ2v) is 4.99. The fraction of sp³-hybridized carbons (Fsp3) is 0.235. The molecule has 0 saturated carbocycles. The van der Waals surface area contributed by atoms with Gasteiger partial charge in [0.1, 0.15) is 17.2 Å². The summed E-state index contributed by atoms with van der Waals surface area (Å²) in [5.74, 6) is 1.67. The van der Waals surface area contributed by atoms with E-state index in [1.165, 1.54) is 0 Å². The maximum atomic E-state index is 11.7. The summed E-state index contributed by atoms with van der Waals surface area (Å²) in [6.45, 7) is 0.444. The highest BCUT2D eigenvalue weighted by Gasteiger charge is 2.05. The van der Waals surface area contributed by atoms with E-state index in [1.54, 1.807) is 55.6 Å². The van der Waals surface area contributed by atoms with Crippen molar-refractivity contribution in [1.82, 2.24) is 0 Å². The minimum atomic E-state index is -0.287. The Morgan fingerprint density at radius 3 is 2.18 bits per heavy atom. The monoisotopic (exact) mass is 320 g/mol. The van der Waals surface area contributed by atoms with Gasteiger partial charge in [0.25, 0.3) is 0 Å². The van der Waals surface area contributed by atoms with Crippen LogP contribution in [0.4, 0.5) is 0 Å². The molecule has 0 atom stereocenters. The van der Waals surface area contributed by atoms with Gasteiger partial charge in [0, 0.05) is 11.4 Å². The number of esters is 1. The van der Waals surface area contributed by atoms with Crippen molar-refractivity contribution in [1.29, 1.82) is 0 Å². The maximum Gasteiger partial charge on any atom is 0.311 e. The van der Waals surface area contributed by atoms with Gasteiger partial charge in [0.2, 0.25) is 0 Å². The molecular formula is C17H17ClO4. The van der Waals surface area contributed by atoms with Gasteiger partial charge in [-0.1, -0.05) is 11.6 Å². The smallest absolute Gasteiger partial charge is 0.311 e. The predicted octanol–water partition coefficient (Wildman–Crippen LogP) is 4.11. The number of hydrogen-bond donors (Lipinski definition) is 0. The van der Waals surface area contributed by atoms with E-state index >= 15 is 0 Å². The summed E-state index contributed by atoms with van der Waals surface area (Å²) in [4.78, 5) is 11.7. The molecule has 0 heterocycles. The van der Waals surface area contributed by atoms with Gasteiger partial charge in [0.05, 0.1) is 13.7 Å². The average Bonchev–Trinajstić information content (AvgIpc) is 2.54. The lowest BCUT2D eigenvalue weighted by molar-refractivity contribution is -0.134. The minimum Gasteiger partial charge on any atom is -0.497 e. The van der Waals surface area contributed by atoms with Gasteiger partial charge in [0.15, 0.2) is 0 Å². The number of carbonyl (C=O) groups excluding carboxylic acids is 1. The van der Waals surface area contributed by atoms with Crippen LogP contribution in [-0.4, -0.2) is 19.7 Å². The van der Waals surface area contributed by atoms with Gasteiger partial charge < -0.3 is 14.2 Å². The third-order valence-corrected chi connectivity index (χ3v) is 3.15. The Labute approximate surface area is 134 Å². The van der Waals surface area contributed by atoms with Gasteiger partial charge in [-0.05, 0) is 55.0 Å². The fourth-order valence-electron chi connectivity index (χ4n) is 1.76. The molecule has 0 N–H and O–H groups in total. The molecule has 0 aliphatic rings. The molecule has 0 aliphatic carbocycles. The summed E-state index contributed by atoms with van der Waals surface area (Å²) in [6.07, 6.45) is 0.872. The Bertz CT molecular complexity index is 593. The molecule has 2 aromatic rings. The van der Waals surface area contributed by atoms with E-state index < -0.39 is 0 Å². The number of ether oxygens (including phenoxy) is 3. The Kier molecular flexibility index (Phi) is 6.10. The third kappa shape index (κ3) is 5.30. The molecule has 0 spiro atoms. The molecule has 0 radical (unpaired) electrons. The van der Waals surface area contributed by atoms with E-state index in [0.717, 1.165) is 11.5 Å². The number of halogens is 1. The molecule has 0 aromatic heterocycles. The van der Waals surface area contributed by atoms with Gasteiger partial charge in [-0.2, -0.15) is 0 Å². The van der Waals surface area contributed by atoms with E-state index in [4.69, 9.17) is 25.8 Å². The second-order valence-electron chi connectivity index (χ2n) is 4.56. The molecule has 2 rings (SSSR count). The third-order valence-electron chi connectivity index (χ3n) is 2.90. The van der Waals surface area contributed by atoms with E-state index in [-0.39, 0.29) is 5.97 Å². The van der Waals surface area contributed by atoms with E-state index in [1.807, 2.05) is 0 Å². The number of benzene rings is 2. The lowest BCUT2D eigenvalue weighted by Gasteiger charge is -2.07. The molecule has 4 nitrogen and oxygen atoms in total. The summed E-state index contributed by atoms with van der Waals surface area (Å²) >= 11 is 5.79. The topological polar surface area (TPSA) is 44.8 Å². The van der Waals surface area contributed by atoms with Crippen LogP contribution in [-0.2, 0) is 4.79 Å². The molecule has 5 heteroatoms. The standard InChI is InChI=1S/C17H17ClO4/c1-20-14-8-10-16(11-9-14)22-17(19)3-2-12-21-15-6-4-13(18)5-7-15/h4-11H,2-3,12H2,1H3. The lowest BCUT2D eigenvalue weighted by Crippen LogP contribution is -2.09. The van der Waals surface area contributed by atoms with E-state index in [2.05, 4.69) is 0 Å². The zero-order chi connectivity index (χ0) is 15.8. The number of carbonyl (C=O) groups is 1. The van der Waals surface area contributed by atoms with Crippen LogP contribution in [0, 0.1) is 0 Å². The highest BCUT2D eigenvalue weighted by Crippen LogP contribution is 2.18. The summed E-state index contributed by atoms with van der Waals surface area (Å²) in [6, 6.07) is 14.0.